The summed E-state index contributed by atoms with van der Waals surface area (Å²) in [6.45, 7) is 5.50. The Hall–Kier alpha value is -2.40. The first-order valence-electron chi connectivity index (χ1n) is 10.0. The summed E-state index contributed by atoms with van der Waals surface area (Å²) in [6.07, 6.45) is 2.46. The van der Waals surface area contributed by atoms with Crippen LogP contribution < -0.4 is 4.74 Å². The molecule has 4 nitrogen and oxygen atoms in total. The molecule has 5 heteroatoms. The molecule has 4 rings (SSSR count). The second-order valence-electron chi connectivity index (χ2n) is 7.38. The lowest BCUT2D eigenvalue weighted by Crippen LogP contribution is -2.44. The van der Waals surface area contributed by atoms with Crippen LogP contribution in [-0.4, -0.2) is 35.0 Å². The summed E-state index contributed by atoms with van der Waals surface area (Å²) >= 11 is 1.79. The number of amides is 1. The molecule has 1 fully saturated rings. The summed E-state index contributed by atoms with van der Waals surface area (Å²) in [6, 6.07) is 16.3. The van der Waals surface area contributed by atoms with E-state index in [2.05, 4.69) is 37.3 Å². The Morgan fingerprint density at radius 1 is 1.18 bits per heavy atom. The number of carbonyl (C=O) groups is 1. The van der Waals surface area contributed by atoms with E-state index in [1.165, 1.54) is 15.3 Å². The first-order chi connectivity index (χ1) is 13.6. The maximum absolute atomic E-state index is 12.8. The van der Waals surface area contributed by atoms with Crippen LogP contribution in [0.4, 0.5) is 0 Å². The van der Waals surface area contributed by atoms with Crippen LogP contribution in [0.25, 0.3) is 10.2 Å². The molecule has 1 unspecified atom stereocenters. The molecule has 0 bridgehead atoms. The van der Waals surface area contributed by atoms with Crippen LogP contribution in [0.3, 0.4) is 0 Å². The van der Waals surface area contributed by atoms with Gasteiger partial charge in [0.1, 0.15) is 5.75 Å². The van der Waals surface area contributed by atoms with Gasteiger partial charge in [-0.15, -0.1) is 11.3 Å². The Bertz CT molecular complexity index is 910. The minimum absolute atomic E-state index is 0.0716. The van der Waals surface area contributed by atoms with Crippen molar-refractivity contribution in [3.8, 4) is 5.75 Å². The van der Waals surface area contributed by atoms with E-state index in [0.29, 0.717) is 5.92 Å². The van der Waals surface area contributed by atoms with Gasteiger partial charge in [-0.25, -0.2) is 4.98 Å². The fraction of sp³-hybridized carbons (Fsp3) is 0.391. The van der Waals surface area contributed by atoms with Crippen molar-refractivity contribution in [3.05, 3.63) is 59.1 Å². The Morgan fingerprint density at radius 2 is 1.89 bits per heavy atom. The van der Waals surface area contributed by atoms with Gasteiger partial charge in [-0.05, 0) is 56.0 Å². The second kappa shape index (κ2) is 8.31. The van der Waals surface area contributed by atoms with Gasteiger partial charge in [0.2, 0.25) is 0 Å². The summed E-state index contributed by atoms with van der Waals surface area (Å²) in [5, 5.41) is 1.20. The monoisotopic (exact) mass is 394 g/mol. The third kappa shape index (κ3) is 4.04. The van der Waals surface area contributed by atoms with Gasteiger partial charge in [-0.2, -0.15) is 0 Å². The molecule has 1 aliphatic heterocycles. The lowest BCUT2D eigenvalue weighted by atomic mass is 9.97. The van der Waals surface area contributed by atoms with Crippen molar-refractivity contribution in [2.24, 2.45) is 0 Å². The van der Waals surface area contributed by atoms with Crippen molar-refractivity contribution in [2.45, 2.75) is 45.1 Å². The molecule has 0 spiro atoms. The lowest BCUT2D eigenvalue weighted by molar-refractivity contribution is -0.139. The van der Waals surface area contributed by atoms with Gasteiger partial charge >= 0.3 is 0 Å². The molecule has 0 radical (unpaired) electrons. The highest BCUT2D eigenvalue weighted by molar-refractivity contribution is 7.18. The third-order valence-electron chi connectivity index (χ3n) is 5.46. The topological polar surface area (TPSA) is 42.4 Å². The molecule has 0 saturated carbocycles. The molecule has 1 aliphatic rings. The fourth-order valence-electron chi connectivity index (χ4n) is 3.73. The summed E-state index contributed by atoms with van der Waals surface area (Å²) in [4.78, 5) is 19.5. The molecule has 2 heterocycles. The standard InChI is InChI=1S/C23H26N2O2S/c1-3-17-8-10-19(11-9-17)27-16(2)23(26)25-14-12-18(13-15-25)22-24-20-6-4-5-7-21(20)28-22/h4-11,16,18H,3,12-15H2,1-2H3. The SMILES string of the molecule is CCc1ccc(OC(C)C(=O)N2CCC(c3nc4ccccc4s3)CC2)cc1. The molecule has 146 valence electrons. The summed E-state index contributed by atoms with van der Waals surface area (Å²) in [5.41, 5.74) is 2.35. The number of rotatable bonds is 5. The van der Waals surface area contributed by atoms with Gasteiger partial charge in [0.05, 0.1) is 15.2 Å². The number of hydrogen-bond acceptors (Lipinski definition) is 4. The number of nitrogens with zero attached hydrogens (tertiary/aromatic N) is 2. The first kappa shape index (κ1) is 18.9. The maximum Gasteiger partial charge on any atom is 0.263 e. The molecule has 2 aromatic carbocycles. The van der Waals surface area contributed by atoms with Crippen molar-refractivity contribution < 1.29 is 9.53 Å². The van der Waals surface area contributed by atoms with Gasteiger partial charge < -0.3 is 9.64 Å². The third-order valence-corrected chi connectivity index (χ3v) is 6.66. The number of ether oxygens (including phenoxy) is 1. The van der Waals surface area contributed by atoms with E-state index < -0.39 is 6.10 Å². The van der Waals surface area contributed by atoms with Crippen LogP contribution in [0.1, 0.15) is 43.2 Å². The van der Waals surface area contributed by atoms with Crippen molar-refractivity contribution in [1.82, 2.24) is 9.88 Å². The fourth-order valence-corrected chi connectivity index (χ4v) is 4.86. The predicted octanol–water partition coefficient (Wildman–Crippen LogP) is 5.03. The number of aryl methyl sites for hydroxylation is 1. The molecule has 1 amide bonds. The van der Waals surface area contributed by atoms with Crippen LogP contribution >= 0.6 is 11.3 Å². The molecule has 28 heavy (non-hydrogen) atoms. The van der Waals surface area contributed by atoms with Crippen molar-refractivity contribution in [1.29, 1.82) is 0 Å². The Labute approximate surface area is 170 Å². The molecule has 1 saturated heterocycles. The van der Waals surface area contributed by atoms with E-state index in [1.54, 1.807) is 11.3 Å². The maximum atomic E-state index is 12.8. The molecule has 3 aromatic rings. The molecule has 0 aliphatic carbocycles. The van der Waals surface area contributed by atoms with Gasteiger partial charge in [0, 0.05) is 19.0 Å². The van der Waals surface area contributed by atoms with Gasteiger partial charge in [0.25, 0.3) is 5.91 Å². The average Bonchev–Trinajstić information content (AvgIpc) is 3.18. The normalized spacial score (nSPS) is 16.3. The lowest BCUT2D eigenvalue weighted by Gasteiger charge is -2.32. The molecule has 0 N–H and O–H groups in total. The number of likely N-dealkylation sites (tertiary alicyclic amines) is 1. The Morgan fingerprint density at radius 3 is 2.57 bits per heavy atom. The van der Waals surface area contributed by atoms with Crippen LogP contribution in [0, 0.1) is 0 Å². The summed E-state index contributed by atoms with van der Waals surface area (Å²) in [7, 11) is 0. The van der Waals surface area contributed by atoms with E-state index in [4.69, 9.17) is 9.72 Å². The van der Waals surface area contributed by atoms with E-state index in [0.717, 1.165) is 43.6 Å². The highest BCUT2D eigenvalue weighted by Crippen LogP contribution is 2.34. The number of carbonyl (C=O) groups excluding carboxylic acids is 1. The number of fused-ring (bicyclic) bond motifs is 1. The van der Waals surface area contributed by atoms with Gasteiger partial charge in [-0.1, -0.05) is 31.2 Å². The van der Waals surface area contributed by atoms with Crippen LogP contribution in [-0.2, 0) is 11.2 Å². The quantitative estimate of drug-likeness (QED) is 0.609. The van der Waals surface area contributed by atoms with Crippen molar-refractivity contribution in [2.75, 3.05) is 13.1 Å². The summed E-state index contributed by atoms with van der Waals surface area (Å²) < 4.78 is 7.12. The smallest absolute Gasteiger partial charge is 0.263 e. The van der Waals surface area contributed by atoms with E-state index in [9.17, 15) is 4.79 Å². The highest BCUT2D eigenvalue weighted by Gasteiger charge is 2.29. The minimum atomic E-state index is -0.466. The van der Waals surface area contributed by atoms with Crippen molar-refractivity contribution >= 4 is 27.5 Å². The van der Waals surface area contributed by atoms with Crippen LogP contribution in [0.15, 0.2) is 48.5 Å². The Kier molecular flexibility index (Phi) is 5.62. The molecule has 1 aromatic heterocycles. The van der Waals surface area contributed by atoms with Gasteiger partial charge in [0.15, 0.2) is 6.10 Å². The number of para-hydroxylation sites is 1. The number of piperidine rings is 1. The van der Waals surface area contributed by atoms with Crippen LogP contribution in [0.2, 0.25) is 0 Å². The van der Waals surface area contributed by atoms with E-state index in [-0.39, 0.29) is 5.91 Å². The second-order valence-corrected chi connectivity index (χ2v) is 8.44. The zero-order valence-electron chi connectivity index (χ0n) is 16.4. The Balaban J connectivity index is 1.33. The number of thiazole rings is 1. The number of aromatic nitrogens is 1. The zero-order valence-corrected chi connectivity index (χ0v) is 17.2. The average molecular weight is 395 g/mol. The predicted molar refractivity (Wildman–Crippen MR) is 114 cm³/mol. The number of hydrogen-bond donors (Lipinski definition) is 0. The van der Waals surface area contributed by atoms with E-state index >= 15 is 0 Å². The molecular weight excluding hydrogens is 368 g/mol. The zero-order chi connectivity index (χ0) is 19.5. The first-order valence-corrected chi connectivity index (χ1v) is 10.9. The molecular formula is C23H26N2O2S. The van der Waals surface area contributed by atoms with Crippen LogP contribution in [0.5, 0.6) is 5.75 Å². The minimum Gasteiger partial charge on any atom is -0.481 e. The largest absolute Gasteiger partial charge is 0.481 e. The summed E-state index contributed by atoms with van der Waals surface area (Å²) in [5.74, 6) is 1.27. The van der Waals surface area contributed by atoms with Gasteiger partial charge in [-0.3, -0.25) is 4.79 Å². The number of benzene rings is 2. The highest BCUT2D eigenvalue weighted by atomic mass is 32.1. The van der Waals surface area contributed by atoms with Crippen molar-refractivity contribution in [3.63, 3.8) is 0 Å². The molecule has 1 atom stereocenters. The van der Waals surface area contributed by atoms with E-state index in [1.807, 2.05) is 30.0 Å².